The monoisotopic (exact) mass is 416 g/mol. The molecule has 0 bridgehead atoms. The highest BCUT2D eigenvalue weighted by molar-refractivity contribution is 6.30. The molecule has 4 aromatic rings. The first-order valence-corrected chi connectivity index (χ1v) is 10.3. The largest absolute Gasteiger partial charge is 0.342 e. The van der Waals surface area contributed by atoms with Gasteiger partial charge in [-0.25, -0.2) is 0 Å². The third kappa shape index (κ3) is 2.81. The molecule has 142 valence electrons. The molecule has 0 radical (unpaired) electrons. The molecule has 1 fully saturated rings. The molecular weight excluding hydrogens is 399 g/mol. The summed E-state index contributed by atoms with van der Waals surface area (Å²) in [5.41, 5.74) is 3.00. The molecule has 0 saturated carbocycles. The van der Waals surface area contributed by atoms with Gasteiger partial charge in [-0.1, -0.05) is 108 Å². The van der Waals surface area contributed by atoms with Crippen LogP contribution in [0, 0.1) is 0 Å². The van der Waals surface area contributed by atoms with Gasteiger partial charge in [0.25, 0.3) is 0 Å². The topological polar surface area (TPSA) is 12.5 Å². The van der Waals surface area contributed by atoms with E-state index in [0.29, 0.717) is 10.0 Å². The fourth-order valence-corrected chi connectivity index (χ4v) is 4.55. The van der Waals surface area contributed by atoms with E-state index in [4.69, 9.17) is 27.9 Å². The summed E-state index contributed by atoms with van der Waals surface area (Å²) in [6, 6.07) is 36.6. The molecule has 0 aromatic heterocycles. The van der Waals surface area contributed by atoms with E-state index in [1.54, 1.807) is 0 Å². The lowest BCUT2D eigenvalue weighted by Crippen LogP contribution is -2.25. The quantitative estimate of drug-likeness (QED) is 0.320. The Labute approximate surface area is 180 Å². The van der Waals surface area contributed by atoms with Crippen LogP contribution in [0.3, 0.4) is 0 Å². The van der Waals surface area contributed by atoms with Crippen LogP contribution in [0.15, 0.2) is 109 Å². The summed E-state index contributed by atoms with van der Waals surface area (Å²) in [4.78, 5) is 0. The molecule has 1 aliphatic heterocycles. The zero-order chi connectivity index (χ0) is 19.9. The first-order chi connectivity index (χ1) is 14.2. The molecule has 0 N–H and O–H groups in total. The van der Waals surface area contributed by atoms with E-state index < -0.39 is 11.2 Å². The van der Waals surface area contributed by atoms with Crippen molar-refractivity contribution in [3.8, 4) is 0 Å². The van der Waals surface area contributed by atoms with Crippen molar-refractivity contribution in [3.05, 3.63) is 141 Å². The predicted molar refractivity (Wildman–Crippen MR) is 118 cm³/mol. The van der Waals surface area contributed by atoms with Crippen LogP contribution in [-0.4, -0.2) is 0 Å². The Morgan fingerprint density at radius 1 is 0.414 bits per heavy atom. The van der Waals surface area contributed by atoms with E-state index >= 15 is 0 Å². The summed E-state index contributed by atoms with van der Waals surface area (Å²) in [6.07, 6.45) is 0. The molecule has 1 aliphatic rings. The Hall–Kier alpha value is -2.58. The molecule has 2 atom stereocenters. The molecule has 1 nitrogen and oxygen atoms in total. The van der Waals surface area contributed by atoms with Crippen LogP contribution in [0.5, 0.6) is 0 Å². The summed E-state index contributed by atoms with van der Waals surface area (Å²) >= 11 is 12.4. The van der Waals surface area contributed by atoms with E-state index in [9.17, 15) is 0 Å². The van der Waals surface area contributed by atoms with Crippen LogP contribution in [-0.2, 0) is 15.9 Å². The molecule has 1 heterocycles. The Morgan fingerprint density at radius 2 is 0.724 bits per heavy atom. The zero-order valence-corrected chi connectivity index (χ0v) is 17.1. The van der Waals surface area contributed by atoms with Gasteiger partial charge in [-0.15, -0.1) is 0 Å². The summed E-state index contributed by atoms with van der Waals surface area (Å²) in [6.45, 7) is 0. The summed E-state index contributed by atoms with van der Waals surface area (Å²) in [5, 5.41) is 1.41. The molecule has 2 unspecified atom stereocenters. The average Bonchev–Trinajstić information content (AvgIpc) is 3.48. The lowest BCUT2D eigenvalue weighted by atomic mass is 9.74. The third-order valence-electron chi connectivity index (χ3n) is 5.62. The van der Waals surface area contributed by atoms with Crippen molar-refractivity contribution in [1.82, 2.24) is 0 Å². The Morgan fingerprint density at radius 3 is 1.07 bits per heavy atom. The van der Waals surface area contributed by atoms with Crippen LogP contribution >= 0.6 is 23.2 Å². The van der Waals surface area contributed by atoms with Crippen molar-refractivity contribution in [3.63, 3.8) is 0 Å². The molecule has 3 heteroatoms. The number of epoxide rings is 1. The van der Waals surface area contributed by atoms with E-state index in [0.717, 1.165) is 22.3 Å². The smallest absolute Gasteiger partial charge is 0.157 e. The molecule has 4 aromatic carbocycles. The number of benzene rings is 4. The molecule has 1 saturated heterocycles. The zero-order valence-electron chi connectivity index (χ0n) is 15.6. The lowest BCUT2D eigenvalue weighted by molar-refractivity contribution is 0.300. The number of hydrogen-bond acceptors (Lipinski definition) is 1. The molecular formula is C26H18Cl2O. The molecule has 5 rings (SSSR count). The van der Waals surface area contributed by atoms with Crippen molar-refractivity contribution in [2.24, 2.45) is 0 Å². The van der Waals surface area contributed by atoms with Gasteiger partial charge in [0, 0.05) is 10.0 Å². The second-order valence-electron chi connectivity index (χ2n) is 7.21. The SMILES string of the molecule is Clc1ccc(C2(c3ccccc3)OC2(c2ccccc2)c2ccc(Cl)cc2)cc1. The van der Waals surface area contributed by atoms with Gasteiger partial charge in [-0.3, -0.25) is 0 Å². The predicted octanol–water partition coefficient (Wildman–Crippen LogP) is 7.21. The van der Waals surface area contributed by atoms with Gasteiger partial charge in [0.2, 0.25) is 0 Å². The highest BCUT2D eigenvalue weighted by Gasteiger charge is 2.73. The highest BCUT2D eigenvalue weighted by Crippen LogP contribution is 2.68. The van der Waals surface area contributed by atoms with Crippen LogP contribution in [0.25, 0.3) is 0 Å². The van der Waals surface area contributed by atoms with Crippen LogP contribution in [0.4, 0.5) is 0 Å². The first kappa shape index (κ1) is 18.4. The van der Waals surface area contributed by atoms with E-state index in [2.05, 4.69) is 48.5 Å². The molecule has 0 aliphatic carbocycles. The van der Waals surface area contributed by atoms with Gasteiger partial charge in [-0.05, 0) is 46.5 Å². The minimum Gasteiger partial charge on any atom is -0.342 e. The summed E-state index contributed by atoms with van der Waals surface area (Å²) in [5.74, 6) is 0. The van der Waals surface area contributed by atoms with Gasteiger partial charge < -0.3 is 4.74 Å². The minimum atomic E-state index is -0.659. The van der Waals surface area contributed by atoms with Crippen molar-refractivity contribution >= 4 is 23.2 Å². The second kappa shape index (κ2) is 7.03. The minimum absolute atomic E-state index is 0.659. The van der Waals surface area contributed by atoms with Crippen molar-refractivity contribution < 1.29 is 4.74 Å². The van der Waals surface area contributed by atoms with Gasteiger partial charge in [0.1, 0.15) is 0 Å². The molecule has 0 amide bonds. The molecule has 29 heavy (non-hydrogen) atoms. The van der Waals surface area contributed by atoms with Crippen molar-refractivity contribution in [2.45, 2.75) is 11.2 Å². The van der Waals surface area contributed by atoms with E-state index in [1.165, 1.54) is 0 Å². The summed E-state index contributed by atoms with van der Waals surface area (Å²) in [7, 11) is 0. The fraction of sp³-hybridized carbons (Fsp3) is 0.0769. The standard InChI is InChI=1S/C26H18Cl2O/c27-23-15-11-21(12-16-23)25(19-7-3-1-4-8-19)26(29-25,20-9-5-2-6-10-20)22-13-17-24(28)18-14-22/h1-18H. The normalized spacial score (nSPS) is 23.0. The maximum Gasteiger partial charge on any atom is 0.157 e. The highest BCUT2D eigenvalue weighted by atomic mass is 35.5. The maximum atomic E-state index is 6.83. The Balaban J connectivity index is 1.81. The number of rotatable bonds is 4. The van der Waals surface area contributed by atoms with Gasteiger partial charge in [0.15, 0.2) is 11.2 Å². The van der Waals surface area contributed by atoms with Crippen molar-refractivity contribution in [1.29, 1.82) is 0 Å². The number of ether oxygens (including phenoxy) is 1. The van der Waals surface area contributed by atoms with E-state index in [1.807, 2.05) is 60.7 Å². The second-order valence-corrected chi connectivity index (χ2v) is 8.08. The molecule has 0 spiro atoms. The first-order valence-electron chi connectivity index (χ1n) is 9.50. The van der Waals surface area contributed by atoms with Gasteiger partial charge in [-0.2, -0.15) is 0 Å². The fourth-order valence-electron chi connectivity index (χ4n) is 4.30. The van der Waals surface area contributed by atoms with Crippen molar-refractivity contribution in [2.75, 3.05) is 0 Å². The number of halogens is 2. The maximum absolute atomic E-state index is 6.83. The Kier molecular flexibility index (Phi) is 4.48. The van der Waals surface area contributed by atoms with Crippen LogP contribution < -0.4 is 0 Å². The summed E-state index contributed by atoms with van der Waals surface area (Å²) < 4.78 is 6.83. The third-order valence-corrected chi connectivity index (χ3v) is 6.13. The van der Waals surface area contributed by atoms with Crippen LogP contribution in [0.1, 0.15) is 22.3 Å². The van der Waals surface area contributed by atoms with Crippen LogP contribution in [0.2, 0.25) is 10.0 Å². The van der Waals surface area contributed by atoms with Gasteiger partial charge >= 0.3 is 0 Å². The average molecular weight is 417 g/mol. The lowest BCUT2D eigenvalue weighted by Gasteiger charge is -2.22. The van der Waals surface area contributed by atoms with Gasteiger partial charge in [0.05, 0.1) is 0 Å². The van der Waals surface area contributed by atoms with E-state index in [-0.39, 0.29) is 0 Å². The number of hydrogen-bond donors (Lipinski definition) is 0. The Bertz CT molecular complexity index is 1030.